The summed E-state index contributed by atoms with van der Waals surface area (Å²) in [5.74, 6) is -0.547. The van der Waals surface area contributed by atoms with Crippen LogP contribution in [-0.2, 0) is 14.8 Å². The SMILES string of the molecule is N#C/C(=C/N1CCNCC1)C(=O)Nc1ccc(S(N)(=O)=O)cc1. The fourth-order valence-corrected chi connectivity index (χ4v) is 2.57. The summed E-state index contributed by atoms with van der Waals surface area (Å²) in [6, 6.07) is 7.28. The molecule has 8 nitrogen and oxygen atoms in total. The number of nitrogens with one attached hydrogen (secondary N) is 2. The lowest BCUT2D eigenvalue weighted by Crippen LogP contribution is -2.41. The zero-order valence-corrected chi connectivity index (χ0v) is 13.1. The predicted molar refractivity (Wildman–Crippen MR) is 84.6 cm³/mol. The molecule has 0 saturated carbocycles. The van der Waals surface area contributed by atoms with Crippen LogP contribution in [0.5, 0.6) is 0 Å². The van der Waals surface area contributed by atoms with E-state index in [4.69, 9.17) is 10.4 Å². The van der Waals surface area contributed by atoms with Crippen LogP contribution in [0.2, 0.25) is 0 Å². The Morgan fingerprint density at radius 2 is 1.91 bits per heavy atom. The molecule has 9 heteroatoms. The van der Waals surface area contributed by atoms with Crippen LogP contribution in [0.4, 0.5) is 5.69 Å². The van der Waals surface area contributed by atoms with E-state index in [0.717, 1.165) is 26.2 Å². The fraction of sp³-hybridized carbons (Fsp3) is 0.286. The number of amides is 1. The van der Waals surface area contributed by atoms with Crippen LogP contribution >= 0.6 is 0 Å². The molecule has 1 aliphatic heterocycles. The molecule has 1 aromatic carbocycles. The van der Waals surface area contributed by atoms with E-state index in [1.807, 2.05) is 11.0 Å². The number of piperazine rings is 1. The van der Waals surface area contributed by atoms with E-state index in [-0.39, 0.29) is 10.5 Å². The van der Waals surface area contributed by atoms with Gasteiger partial charge in [-0.3, -0.25) is 4.79 Å². The maximum absolute atomic E-state index is 12.1. The lowest BCUT2D eigenvalue weighted by molar-refractivity contribution is -0.112. The summed E-state index contributed by atoms with van der Waals surface area (Å²) in [6.07, 6.45) is 1.54. The van der Waals surface area contributed by atoms with Crippen molar-refractivity contribution < 1.29 is 13.2 Å². The third-order valence-electron chi connectivity index (χ3n) is 3.27. The van der Waals surface area contributed by atoms with Crippen molar-refractivity contribution in [3.63, 3.8) is 0 Å². The number of benzene rings is 1. The quantitative estimate of drug-likeness (QED) is 0.507. The first kappa shape index (κ1) is 17.0. The highest BCUT2D eigenvalue weighted by Gasteiger charge is 2.14. The number of rotatable bonds is 4. The molecular weight excluding hydrogens is 318 g/mol. The Hall–Kier alpha value is -2.41. The van der Waals surface area contributed by atoms with E-state index >= 15 is 0 Å². The van der Waals surface area contributed by atoms with E-state index in [0.29, 0.717) is 5.69 Å². The van der Waals surface area contributed by atoms with Crippen LogP contribution in [-0.4, -0.2) is 45.4 Å². The maximum atomic E-state index is 12.1. The number of anilines is 1. The summed E-state index contributed by atoms with van der Waals surface area (Å²) in [4.78, 5) is 14.0. The van der Waals surface area contributed by atoms with Crippen molar-refractivity contribution in [3.05, 3.63) is 36.0 Å². The van der Waals surface area contributed by atoms with Crippen LogP contribution in [0.15, 0.2) is 40.9 Å². The molecule has 0 spiro atoms. The Kier molecular flexibility index (Phi) is 5.33. The van der Waals surface area contributed by atoms with Crippen LogP contribution in [0.1, 0.15) is 0 Å². The van der Waals surface area contributed by atoms with Gasteiger partial charge in [0.05, 0.1) is 4.90 Å². The van der Waals surface area contributed by atoms with Gasteiger partial charge in [0.1, 0.15) is 11.6 Å². The molecule has 1 saturated heterocycles. The number of nitrogens with zero attached hydrogens (tertiary/aromatic N) is 2. The molecule has 1 amide bonds. The van der Waals surface area contributed by atoms with E-state index in [1.165, 1.54) is 30.5 Å². The minimum Gasteiger partial charge on any atom is -0.374 e. The van der Waals surface area contributed by atoms with E-state index in [9.17, 15) is 13.2 Å². The van der Waals surface area contributed by atoms with Crippen molar-refractivity contribution in [3.8, 4) is 6.07 Å². The molecule has 2 rings (SSSR count). The number of hydrogen-bond acceptors (Lipinski definition) is 6. The molecule has 122 valence electrons. The van der Waals surface area contributed by atoms with Crippen molar-refractivity contribution in [2.45, 2.75) is 4.90 Å². The average Bonchev–Trinajstić information content (AvgIpc) is 2.53. The van der Waals surface area contributed by atoms with Gasteiger partial charge in [0, 0.05) is 38.1 Å². The molecule has 0 aliphatic carbocycles. The Morgan fingerprint density at radius 1 is 1.30 bits per heavy atom. The summed E-state index contributed by atoms with van der Waals surface area (Å²) in [5, 5.41) is 19.9. The summed E-state index contributed by atoms with van der Waals surface area (Å²) in [5.41, 5.74) is 0.367. The summed E-state index contributed by atoms with van der Waals surface area (Å²) >= 11 is 0. The monoisotopic (exact) mass is 335 g/mol. The first-order chi connectivity index (χ1) is 10.9. The second-order valence-corrected chi connectivity index (χ2v) is 6.53. The zero-order valence-electron chi connectivity index (χ0n) is 12.3. The third-order valence-corrected chi connectivity index (χ3v) is 4.20. The van der Waals surface area contributed by atoms with Gasteiger partial charge in [0.15, 0.2) is 0 Å². The van der Waals surface area contributed by atoms with Crippen LogP contribution in [0.25, 0.3) is 0 Å². The first-order valence-corrected chi connectivity index (χ1v) is 8.46. The molecule has 4 N–H and O–H groups in total. The zero-order chi connectivity index (χ0) is 16.9. The Labute approximate surface area is 134 Å². The van der Waals surface area contributed by atoms with Gasteiger partial charge in [0.2, 0.25) is 10.0 Å². The van der Waals surface area contributed by atoms with E-state index in [1.54, 1.807) is 0 Å². The van der Waals surface area contributed by atoms with Gasteiger partial charge in [-0.2, -0.15) is 5.26 Å². The third kappa shape index (κ3) is 4.79. The number of nitrogens with two attached hydrogens (primary N) is 1. The first-order valence-electron chi connectivity index (χ1n) is 6.91. The van der Waals surface area contributed by atoms with Gasteiger partial charge >= 0.3 is 0 Å². The Morgan fingerprint density at radius 3 is 2.43 bits per heavy atom. The topological polar surface area (TPSA) is 128 Å². The smallest absolute Gasteiger partial charge is 0.267 e. The van der Waals surface area contributed by atoms with Gasteiger partial charge in [-0.05, 0) is 24.3 Å². The van der Waals surface area contributed by atoms with Gasteiger partial charge in [-0.15, -0.1) is 0 Å². The summed E-state index contributed by atoms with van der Waals surface area (Å²) < 4.78 is 22.3. The molecule has 0 bridgehead atoms. The second-order valence-electron chi connectivity index (χ2n) is 4.96. The van der Waals surface area contributed by atoms with Gasteiger partial charge in [-0.1, -0.05) is 0 Å². The number of hydrogen-bond donors (Lipinski definition) is 3. The fourth-order valence-electron chi connectivity index (χ4n) is 2.06. The highest BCUT2D eigenvalue weighted by Crippen LogP contribution is 2.13. The molecule has 1 aliphatic rings. The second kappa shape index (κ2) is 7.23. The number of primary sulfonamides is 1. The summed E-state index contributed by atoms with van der Waals surface area (Å²) in [6.45, 7) is 3.04. The molecule has 0 radical (unpaired) electrons. The van der Waals surface area contributed by atoms with Crippen LogP contribution < -0.4 is 15.8 Å². The van der Waals surface area contributed by atoms with E-state index < -0.39 is 15.9 Å². The number of carbonyl (C=O) groups is 1. The number of carbonyl (C=O) groups excluding carboxylic acids is 1. The standard InChI is InChI=1S/C14H17N5O3S/c15-9-11(10-19-7-5-17-6-8-19)14(20)18-12-1-3-13(4-2-12)23(16,21)22/h1-4,10,17H,5-8H2,(H,18,20)(H2,16,21,22)/b11-10-. The molecule has 1 fully saturated rings. The molecule has 0 atom stereocenters. The van der Waals surface area contributed by atoms with Gasteiger partial charge in [-0.25, -0.2) is 13.6 Å². The number of nitriles is 1. The maximum Gasteiger partial charge on any atom is 0.267 e. The summed E-state index contributed by atoms with van der Waals surface area (Å²) in [7, 11) is -3.78. The highest BCUT2D eigenvalue weighted by molar-refractivity contribution is 7.89. The Bertz CT molecular complexity index is 744. The van der Waals surface area contributed by atoms with Crippen molar-refractivity contribution in [1.82, 2.24) is 10.2 Å². The van der Waals surface area contributed by atoms with Gasteiger partial charge < -0.3 is 15.5 Å². The Balaban J connectivity index is 2.07. The average molecular weight is 335 g/mol. The lowest BCUT2D eigenvalue weighted by atomic mass is 10.2. The highest BCUT2D eigenvalue weighted by atomic mass is 32.2. The van der Waals surface area contributed by atoms with Crippen molar-refractivity contribution >= 4 is 21.6 Å². The largest absolute Gasteiger partial charge is 0.374 e. The van der Waals surface area contributed by atoms with Crippen LogP contribution in [0, 0.1) is 11.3 Å². The molecule has 23 heavy (non-hydrogen) atoms. The predicted octanol–water partition coefficient (Wildman–Crippen LogP) is -0.415. The minimum atomic E-state index is -3.78. The van der Waals surface area contributed by atoms with Crippen LogP contribution in [0.3, 0.4) is 0 Å². The molecular formula is C14H17N5O3S. The van der Waals surface area contributed by atoms with Crippen molar-refractivity contribution in [2.24, 2.45) is 5.14 Å². The molecule has 0 aromatic heterocycles. The normalized spacial score (nSPS) is 15.8. The van der Waals surface area contributed by atoms with E-state index in [2.05, 4.69) is 10.6 Å². The van der Waals surface area contributed by atoms with Crippen molar-refractivity contribution in [1.29, 1.82) is 5.26 Å². The lowest BCUT2D eigenvalue weighted by Gasteiger charge is -2.26. The molecule has 1 aromatic rings. The number of sulfonamides is 1. The molecule has 0 unspecified atom stereocenters. The molecule has 1 heterocycles. The van der Waals surface area contributed by atoms with Gasteiger partial charge in [0.25, 0.3) is 5.91 Å². The minimum absolute atomic E-state index is 0.0116. The van der Waals surface area contributed by atoms with Crippen molar-refractivity contribution in [2.75, 3.05) is 31.5 Å².